The van der Waals surface area contributed by atoms with Crippen molar-refractivity contribution < 1.29 is 5.11 Å². The van der Waals surface area contributed by atoms with Crippen molar-refractivity contribution in [2.75, 3.05) is 13.2 Å². The highest BCUT2D eigenvalue weighted by Crippen LogP contribution is 2.14. The van der Waals surface area contributed by atoms with Crippen molar-refractivity contribution in [3.8, 4) is 0 Å². The minimum absolute atomic E-state index is 0.216. The first-order valence-electron chi connectivity index (χ1n) is 6.93. The van der Waals surface area contributed by atoms with Crippen molar-refractivity contribution in [1.82, 2.24) is 9.88 Å². The van der Waals surface area contributed by atoms with Gasteiger partial charge in [-0.15, -0.1) is 0 Å². The molecule has 0 amide bonds. The summed E-state index contributed by atoms with van der Waals surface area (Å²) in [7, 11) is 0. The largest absolute Gasteiger partial charge is 0.395 e. The van der Waals surface area contributed by atoms with Crippen LogP contribution in [0, 0.1) is 5.92 Å². The van der Waals surface area contributed by atoms with E-state index in [1.165, 1.54) is 6.42 Å². The van der Waals surface area contributed by atoms with E-state index in [1.54, 1.807) is 0 Å². The van der Waals surface area contributed by atoms with Crippen molar-refractivity contribution in [3.63, 3.8) is 0 Å². The van der Waals surface area contributed by atoms with Crippen molar-refractivity contribution in [3.05, 3.63) is 30.1 Å². The van der Waals surface area contributed by atoms with E-state index in [0.717, 1.165) is 25.2 Å². The van der Waals surface area contributed by atoms with Crippen LogP contribution in [0.4, 0.5) is 0 Å². The Balaban J connectivity index is 2.71. The number of hydrogen-bond acceptors (Lipinski definition) is 3. The Kier molecular flexibility index (Phi) is 6.91. The quantitative estimate of drug-likeness (QED) is 0.770. The highest BCUT2D eigenvalue weighted by atomic mass is 16.3. The van der Waals surface area contributed by atoms with Gasteiger partial charge in [0.15, 0.2) is 0 Å². The van der Waals surface area contributed by atoms with E-state index in [9.17, 15) is 5.11 Å². The monoisotopic (exact) mass is 250 g/mol. The second-order valence-corrected chi connectivity index (χ2v) is 5.14. The molecule has 0 aliphatic carbocycles. The maximum atomic E-state index is 9.58. The van der Waals surface area contributed by atoms with Gasteiger partial charge in [0.1, 0.15) is 0 Å². The standard InChI is InChI=1S/C15H26N2O/c1-4-5-10-17(15(12-18)13(2)3)11-14-8-6-7-9-16-14/h6-9,13,15,18H,4-5,10-12H2,1-3H3/t15-/m1/s1. The van der Waals surface area contributed by atoms with Crippen LogP contribution >= 0.6 is 0 Å². The first-order chi connectivity index (χ1) is 8.69. The minimum Gasteiger partial charge on any atom is -0.395 e. The lowest BCUT2D eigenvalue weighted by Crippen LogP contribution is -2.41. The van der Waals surface area contributed by atoms with E-state index < -0.39 is 0 Å². The maximum Gasteiger partial charge on any atom is 0.0589 e. The van der Waals surface area contributed by atoms with Crippen LogP contribution in [0.15, 0.2) is 24.4 Å². The molecule has 0 saturated heterocycles. The average molecular weight is 250 g/mol. The molecule has 1 aromatic heterocycles. The maximum absolute atomic E-state index is 9.58. The molecule has 0 saturated carbocycles. The fourth-order valence-corrected chi connectivity index (χ4v) is 2.17. The number of unbranched alkanes of at least 4 members (excludes halogenated alkanes) is 1. The van der Waals surface area contributed by atoms with Crippen molar-refractivity contribution in [1.29, 1.82) is 0 Å². The second-order valence-electron chi connectivity index (χ2n) is 5.14. The Bertz CT molecular complexity index is 314. The van der Waals surface area contributed by atoms with Gasteiger partial charge in [-0.25, -0.2) is 0 Å². The molecule has 1 atom stereocenters. The molecule has 102 valence electrons. The van der Waals surface area contributed by atoms with Gasteiger partial charge in [0.2, 0.25) is 0 Å². The first-order valence-corrected chi connectivity index (χ1v) is 6.93. The summed E-state index contributed by atoms with van der Waals surface area (Å²) in [6.07, 6.45) is 4.17. The molecule has 3 nitrogen and oxygen atoms in total. The molecule has 0 aromatic carbocycles. The molecule has 0 unspecified atom stereocenters. The second kappa shape index (κ2) is 8.22. The molecule has 18 heavy (non-hydrogen) atoms. The van der Waals surface area contributed by atoms with E-state index in [4.69, 9.17) is 0 Å². The lowest BCUT2D eigenvalue weighted by Gasteiger charge is -2.33. The van der Waals surface area contributed by atoms with Crippen LogP contribution in [-0.4, -0.2) is 34.2 Å². The number of aromatic nitrogens is 1. The summed E-state index contributed by atoms with van der Waals surface area (Å²) < 4.78 is 0. The molecular weight excluding hydrogens is 224 g/mol. The number of hydrogen-bond donors (Lipinski definition) is 1. The number of pyridine rings is 1. The zero-order valence-electron chi connectivity index (χ0n) is 11.8. The zero-order chi connectivity index (χ0) is 13.4. The van der Waals surface area contributed by atoms with Gasteiger partial charge >= 0.3 is 0 Å². The number of aliphatic hydroxyl groups excluding tert-OH is 1. The van der Waals surface area contributed by atoms with Gasteiger partial charge in [-0.2, -0.15) is 0 Å². The van der Waals surface area contributed by atoms with Gasteiger partial charge in [-0.3, -0.25) is 9.88 Å². The van der Waals surface area contributed by atoms with Crippen LogP contribution in [0.3, 0.4) is 0 Å². The zero-order valence-corrected chi connectivity index (χ0v) is 11.8. The summed E-state index contributed by atoms with van der Waals surface area (Å²) in [6, 6.07) is 6.22. The van der Waals surface area contributed by atoms with Gasteiger partial charge in [-0.1, -0.05) is 33.3 Å². The third-order valence-corrected chi connectivity index (χ3v) is 3.32. The molecule has 0 fully saturated rings. The summed E-state index contributed by atoms with van der Waals surface area (Å²) in [5.41, 5.74) is 1.08. The third kappa shape index (κ3) is 4.75. The Hall–Kier alpha value is -0.930. The Morgan fingerprint density at radius 3 is 2.61 bits per heavy atom. The third-order valence-electron chi connectivity index (χ3n) is 3.32. The molecule has 1 N–H and O–H groups in total. The van der Waals surface area contributed by atoms with E-state index in [-0.39, 0.29) is 12.6 Å². The average Bonchev–Trinajstić information content (AvgIpc) is 2.37. The van der Waals surface area contributed by atoms with Crippen LogP contribution < -0.4 is 0 Å². The Morgan fingerprint density at radius 2 is 2.11 bits per heavy atom. The molecule has 1 aromatic rings. The van der Waals surface area contributed by atoms with Crippen LogP contribution in [0.5, 0.6) is 0 Å². The molecule has 0 spiro atoms. The molecule has 3 heteroatoms. The molecule has 0 radical (unpaired) electrons. The Morgan fingerprint density at radius 1 is 1.33 bits per heavy atom. The smallest absolute Gasteiger partial charge is 0.0589 e. The van der Waals surface area contributed by atoms with Gasteiger partial charge in [0.05, 0.1) is 12.3 Å². The summed E-state index contributed by atoms with van der Waals surface area (Å²) in [5.74, 6) is 0.454. The predicted molar refractivity (Wildman–Crippen MR) is 75.3 cm³/mol. The highest BCUT2D eigenvalue weighted by molar-refractivity contribution is 5.03. The SMILES string of the molecule is CCCCN(Cc1ccccn1)[C@H](CO)C(C)C. The van der Waals surface area contributed by atoms with Crippen LogP contribution in [-0.2, 0) is 6.54 Å². The number of aliphatic hydroxyl groups is 1. The van der Waals surface area contributed by atoms with Gasteiger partial charge < -0.3 is 5.11 Å². The van der Waals surface area contributed by atoms with E-state index in [2.05, 4.69) is 30.7 Å². The minimum atomic E-state index is 0.216. The fourth-order valence-electron chi connectivity index (χ4n) is 2.17. The van der Waals surface area contributed by atoms with Crippen LogP contribution in [0.2, 0.25) is 0 Å². The fraction of sp³-hybridized carbons (Fsp3) is 0.667. The van der Waals surface area contributed by atoms with Crippen LogP contribution in [0.1, 0.15) is 39.3 Å². The van der Waals surface area contributed by atoms with E-state index in [1.807, 2.05) is 24.4 Å². The molecular formula is C15H26N2O. The van der Waals surface area contributed by atoms with Crippen LogP contribution in [0.25, 0.3) is 0 Å². The number of rotatable bonds is 8. The normalized spacial score (nSPS) is 13.2. The van der Waals surface area contributed by atoms with Gasteiger partial charge in [0.25, 0.3) is 0 Å². The molecule has 0 aliphatic rings. The first kappa shape index (κ1) is 15.1. The molecule has 1 rings (SSSR count). The van der Waals surface area contributed by atoms with E-state index >= 15 is 0 Å². The lowest BCUT2D eigenvalue weighted by atomic mass is 10.0. The van der Waals surface area contributed by atoms with Gasteiger partial charge in [0, 0.05) is 18.8 Å². The van der Waals surface area contributed by atoms with E-state index in [0.29, 0.717) is 5.92 Å². The predicted octanol–water partition coefficient (Wildman–Crippen LogP) is 2.70. The van der Waals surface area contributed by atoms with Crippen molar-refractivity contribution in [2.45, 2.75) is 46.2 Å². The summed E-state index contributed by atoms with van der Waals surface area (Å²) in [4.78, 5) is 6.74. The summed E-state index contributed by atoms with van der Waals surface area (Å²) in [5, 5.41) is 9.58. The van der Waals surface area contributed by atoms with Crippen molar-refractivity contribution >= 4 is 0 Å². The Labute approximate surface area is 111 Å². The summed E-state index contributed by atoms with van der Waals surface area (Å²) >= 11 is 0. The number of nitrogens with zero attached hydrogens (tertiary/aromatic N) is 2. The van der Waals surface area contributed by atoms with Crippen molar-refractivity contribution in [2.24, 2.45) is 5.92 Å². The lowest BCUT2D eigenvalue weighted by molar-refractivity contribution is 0.0824. The van der Waals surface area contributed by atoms with Gasteiger partial charge in [-0.05, 0) is 31.0 Å². The highest BCUT2D eigenvalue weighted by Gasteiger charge is 2.21. The molecule has 0 aliphatic heterocycles. The topological polar surface area (TPSA) is 36.4 Å². The molecule has 0 bridgehead atoms. The summed E-state index contributed by atoms with van der Waals surface area (Å²) in [6.45, 7) is 8.59. The molecule has 1 heterocycles.